The molecule has 0 aliphatic carbocycles. The van der Waals surface area contributed by atoms with Gasteiger partial charge in [0.25, 0.3) is 0 Å². The van der Waals surface area contributed by atoms with Crippen molar-refractivity contribution in [3.8, 4) is 22.9 Å². The quantitative estimate of drug-likeness (QED) is 0.613. The van der Waals surface area contributed by atoms with Gasteiger partial charge in [-0.1, -0.05) is 12.1 Å². The number of aromatic nitrogens is 1. The Kier molecular flexibility index (Phi) is 5.67. The third-order valence-electron chi connectivity index (χ3n) is 4.52. The summed E-state index contributed by atoms with van der Waals surface area (Å²) in [6, 6.07) is 16.9. The number of carbonyl (C=O) groups is 1. The minimum Gasteiger partial charge on any atom is -0.491 e. The molecular weight excluding hydrogens is 372 g/mol. The van der Waals surface area contributed by atoms with Gasteiger partial charge in [-0.3, -0.25) is 4.79 Å². The molecule has 0 bridgehead atoms. The first kappa shape index (κ1) is 18.9. The zero-order valence-corrected chi connectivity index (χ0v) is 15.8. The molecule has 150 valence electrons. The number of carbonyl (C=O) groups excluding carboxylic acids is 1. The molecule has 4 rings (SSSR count). The SMILES string of the molecule is O=C(Cc1ccc(-n2cccc2)cc1)NCC(O)COc1ccc2c(c1)OCO2. The van der Waals surface area contributed by atoms with Crippen molar-refractivity contribution < 1.29 is 24.1 Å². The van der Waals surface area contributed by atoms with E-state index >= 15 is 0 Å². The van der Waals surface area contributed by atoms with Crippen LogP contribution >= 0.6 is 0 Å². The summed E-state index contributed by atoms with van der Waals surface area (Å²) in [5.74, 6) is 1.71. The van der Waals surface area contributed by atoms with Gasteiger partial charge in [0, 0.05) is 30.7 Å². The van der Waals surface area contributed by atoms with Crippen molar-refractivity contribution >= 4 is 5.91 Å². The van der Waals surface area contributed by atoms with Crippen LogP contribution in [0.4, 0.5) is 0 Å². The molecule has 1 aromatic heterocycles. The normalized spacial score (nSPS) is 13.1. The van der Waals surface area contributed by atoms with E-state index in [2.05, 4.69) is 5.32 Å². The van der Waals surface area contributed by atoms with Gasteiger partial charge in [0.15, 0.2) is 11.5 Å². The van der Waals surface area contributed by atoms with Gasteiger partial charge in [-0.2, -0.15) is 0 Å². The number of benzene rings is 2. The summed E-state index contributed by atoms with van der Waals surface area (Å²) < 4.78 is 18.1. The summed E-state index contributed by atoms with van der Waals surface area (Å²) in [6.07, 6.45) is 3.37. The predicted molar refractivity (Wildman–Crippen MR) is 107 cm³/mol. The van der Waals surface area contributed by atoms with E-state index in [1.807, 2.05) is 53.4 Å². The van der Waals surface area contributed by atoms with Crippen LogP contribution in [0.2, 0.25) is 0 Å². The second-order valence-corrected chi connectivity index (χ2v) is 6.72. The predicted octanol–water partition coefficient (Wildman–Crippen LogP) is 2.30. The number of nitrogens with zero attached hydrogens (tertiary/aromatic N) is 1. The van der Waals surface area contributed by atoms with Gasteiger partial charge in [0.2, 0.25) is 12.7 Å². The molecular formula is C22H22N2O5. The van der Waals surface area contributed by atoms with Crippen LogP contribution in [-0.2, 0) is 11.2 Å². The summed E-state index contributed by atoms with van der Waals surface area (Å²) in [7, 11) is 0. The summed E-state index contributed by atoms with van der Waals surface area (Å²) in [5, 5.41) is 12.8. The Bertz CT molecular complexity index is 954. The molecule has 7 nitrogen and oxygen atoms in total. The fourth-order valence-electron chi connectivity index (χ4n) is 2.99. The monoisotopic (exact) mass is 394 g/mol. The third kappa shape index (κ3) is 4.89. The fraction of sp³-hybridized carbons (Fsp3) is 0.227. The average Bonchev–Trinajstić information content (AvgIpc) is 3.43. The highest BCUT2D eigenvalue weighted by Gasteiger charge is 2.15. The molecule has 0 radical (unpaired) electrons. The van der Waals surface area contributed by atoms with E-state index in [1.54, 1.807) is 18.2 Å². The number of hydrogen-bond donors (Lipinski definition) is 2. The molecule has 3 aromatic rings. The zero-order chi connectivity index (χ0) is 20.1. The standard InChI is InChI=1S/C22H22N2O5/c25-18(14-27-19-7-8-20-21(12-19)29-15-28-20)13-23-22(26)11-16-3-5-17(6-4-16)24-9-1-2-10-24/h1-10,12,18,25H,11,13-15H2,(H,23,26). The molecule has 1 atom stereocenters. The van der Waals surface area contributed by atoms with Gasteiger partial charge in [-0.25, -0.2) is 0 Å². The van der Waals surface area contributed by atoms with Crippen molar-refractivity contribution in [2.24, 2.45) is 0 Å². The number of rotatable bonds is 8. The van der Waals surface area contributed by atoms with E-state index in [-0.39, 0.29) is 32.3 Å². The van der Waals surface area contributed by atoms with Crippen molar-refractivity contribution in [3.63, 3.8) is 0 Å². The minimum atomic E-state index is -0.819. The van der Waals surface area contributed by atoms with Crippen molar-refractivity contribution in [1.29, 1.82) is 0 Å². The van der Waals surface area contributed by atoms with E-state index < -0.39 is 6.10 Å². The first-order valence-electron chi connectivity index (χ1n) is 9.37. The van der Waals surface area contributed by atoms with Crippen LogP contribution < -0.4 is 19.5 Å². The number of aliphatic hydroxyl groups is 1. The Morgan fingerprint density at radius 2 is 1.86 bits per heavy atom. The van der Waals surface area contributed by atoms with Crippen LogP contribution in [0, 0.1) is 0 Å². The Morgan fingerprint density at radius 1 is 1.10 bits per heavy atom. The molecule has 29 heavy (non-hydrogen) atoms. The number of fused-ring (bicyclic) bond motifs is 1. The molecule has 1 unspecified atom stereocenters. The average molecular weight is 394 g/mol. The second-order valence-electron chi connectivity index (χ2n) is 6.72. The molecule has 2 N–H and O–H groups in total. The molecule has 2 aromatic carbocycles. The maximum Gasteiger partial charge on any atom is 0.231 e. The maximum absolute atomic E-state index is 12.1. The Hall–Kier alpha value is -3.45. The molecule has 1 aliphatic rings. The molecule has 0 fully saturated rings. The molecule has 2 heterocycles. The van der Waals surface area contributed by atoms with Crippen LogP contribution in [0.25, 0.3) is 5.69 Å². The van der Waals surface area contributed by atoms with Crippen molar-refractivity contribution in [1.82, 2.24) is 9.88 Å². The first-order chi connectivity index (χ1) is 14.2. The summed E-state index contributed by atoms with van der Waals surface area (Å²) >= 11 is 0. The largest absolute Gasteiger partial charge is 0.491 e. The number of aliphatic hydroxyl groups excluding tert-OH is 1. The lowest BCUT2D eigenvalue weighted by Gasteiger charge is -2.14. The number of ether oxygens (including phenoxy) is 3. The van der Waals surface area contributed by atoms with Crippen LogP contribution in [0.5, 0.6) is 17.2 Å². The fourth-order valence-corrected chi connectivity index (χ4v) is 2.99. The van der Waals surface area contributed by atoms with Crippen LogP contribution in [0.1, 0.15) is 5.56 Å². The van der Waals surface area contributed by atoms with Crippen molar-refractivity contribution in [3.05, 3.63) is 72.6 Å². The lowest BCUT2D eigenvalue weighted by molar-refractivity contribution is -0.121. The lowest BCUT2D eigenvalue weighted by Crippen LogP contribution is -2.36. The zero-order valence-electron chi connectivity index (χ0n) is 15.8. The Balaban J connectivity index is 1.20. The van der Waals surface area contributed by atoms with E-state index in [0.717, 1.165) is 11.3 Å². The number of nitrogens with one attached hydrogen (secondary N) is 1. The minimum absolute atomic E-state index is 0.0610. The van der Waals surface area contributed by atoms with Crippen LogP contribution in [-0.4, -0.2) is 41.6 Å². The van der Waals surface area contributed by atoms with E-state index in [0.29, 0.717) is 17.2 Å². The summed E-state index contributed by atoms with van der Waals surface area (Å²) in [5.41, 5.74) is 1.94. The van der Waals surface area contributed by atoms with Crippen molar-refractivity contribution in [2.45, 2.75) is 12.5 Å². The molecule has 0 saturated carbocycles. The van der Waals surface area contributed by atoms with Gasteiger partial charge >= 0.3 is 0 Å². The smallest absolute Gasteiger partial charge is 0.231 e. The highest BCUT2D eigenvalue weighted by molar-refractivity contribution is 5.78. The number of hydrogen-bond acceptors (Lipinski definition) is 5. The third-order valence-corrected chi connectivity index (χ3v) is 4.52. The highest BCUT2D eigenvalue weighted by Crippen LogP contribution is 2.35. The molecule has 1 aliphatic heterocycles. The number of amides is 1. The molecule has 7 heteroatoms. The Morgan fingerprint density at radius 3 is 2.66 bits per heavy atom. The van der Waals surface area contributed by atoms with Gasteiger partial charge in [0.1, 0.15) is 18.5 Å². The van der Waals surface area contributed by atoms with Crippen molar-refractivity contribution in [2.75, 3.05) is 19.9 Å². The van der Waals surface area contributed by atoms with Crippen LogP contribution in [0.3, 0.4) is 0 Å². The van der Waals surface area contributed by atoms with E-state index in [1.165, 1.54) is 0 Å². The van der Waals surface area contributed by atoms with Gasteiger partial charge in [-0.15, -0.1) is 0 Å². The van der Waals surface area contributed by atoms with Gasteiger partial charge in [-0.05, 0) is 42.0 Å². The van der Waals surface area contributed by atoms with Gasteiger partial charge in [0.05, 0.1) is 6.42 Å². The van der Waals surface area contributed by atoms with E-state index in [4.69, 9.17) is 14.2 Å². The Labute approximate surface area is 168 Å². The topological polar surface area (TPSA) is 82.0 Å². The summed E-state index contributed by atoms with van der Waals surface area (Å²) in [6.45, 7) is 0.374. The van der Waals surface area contributed by atoms with Gasteiger partial charge < -0.3 is 29.2 Å². The molecule has 0 spiro atoms. The van der Waals surface area contributed by atoms with E-state index in [9.17, 15) is 9.90 Å². The maximum atomic E-state index is 12.1. The molecule has 1 amide bonds. The second kappa shape index (κ2) is 8.70. The lowest BCUT2D eigenvalue weighted by atomic mass is 10.1. The molecule has 0 saturated heterocycles. The highest BCUT2D eigenvalue weighted by atomic mass is 16.7. The van der Waals surface area contributed by atoms with Crippen LogP contribution in [0.15, 0.2) is 67.0 Å². The summed E-state index contributed by atoms with van der Waals surface area (Å²) in [4.78, 5) is 12.1. The first-order valence-corrected chi connectivity index (χ1v) is 9.37.